The molecule has 1 aliphatic rings. The van der Waals surface area contributed by atoms with Gasteiger partial charge in [-0.25, -0.2) is 15.0 Å². The molecule has 1 atom stereocenters. The van der Waals surface area contributed by atoms with Crippen LogP contribution >= 0.6 is 0 Å². The summed E-state index contributed by atoms with van der Waals surface area (Å²) in [7, 11) is 0. The molecule has 0 radical (unpaired) electrons. The molecule has 5 heterocycles. The predicted octanol–water partition coefficient (Wildman–Crippen LogP) is 4.03. The van der Waals surface area contributed by atoms with E-state index in [1.807, 2.05) is 47.4 Å². The first-order valence-electron chi connectivity index (χ1n) is 11.1. The third kappa shape index (κ3) is 3.76. The Bertz CT molecular complexity index is 1410. The second kappa shape index (κ2) is 8.18. The van der Waals surface area contributed by atoms with Gasteiger partial charge in [0.2, 0.25) is 0 Å². The van der Waals surface area contributed by atoms with E-state index in [2.05, 4.69) is 49.4 Å². The molecule has 9 heteroatoms. The van der Waals surface area contributed by atoms with Crippen LogP contribution in [-0.4, -0.2) is 55.4 Å². The van der Waals surface area contributed by atoms with Crippen molar-refractivity contribution in [2.75, 3.05) is 29.9 Å². The molecule has 4 aromatic heterocycles. The molecule has 33 heavy (non-hydrogen) atoms. The van der Waals surface area contributed by atoms with Gasteiger partial charge in [0.15, 0.2) is 11.5 Å². The lowest BCUT2D eigenvalue weighted by molar-refractivity contribution is 0.0382. The summed E-state index contributed by atoms with van der Waals surface area (Å²) in [5.41, 5.74) is 4.42. The monoisotopic (exact) mass is 440 g/mol. The number of nitrogens with zero attached hydrogens (tertiary/aromatic N) is 6. The van der Waals surface area contributed by atoms with Crippen molar-refractivity contribution >= 4 is 33.9 Å². The standard InChI is InChI=1S/C24H24N8O/c1-2-19-14-31(9-10-33-19)22-6-5-18(13-26-22)28-23-24-25-7-8-32(24)15-21(29-23)16-3-4-17-12-27-30-20(17)11-16/h3-8,11-13,15,19H,2,9-10,14H2,1H3,(H,27,30)(H,28,29)/t19-/m0/s1. The van der Waals surface area contributed by atoms with E-state index in [1.165, 1.54) is 0 Å². The second-order valence-corrected chi connectivity index (χ2v) is 8.18. The lowest BCUT2D eigenvalue weighted by atomic mass is 10.1. The summed E-state index contributed by atoms with van der Waals surface area (Å²) in [5.74, 6) is 1.64. The van der Waals surface area contributed by atoms with E-state index in [-0.39, 0.29) is 6.10 Å². The number of fused-ring (bicyclic) bond motifs is 2. The molecule has 2 N–H and O–H groups in total. The van der Waals surface area contributed by atoms with E-state index in [4.69, 9.17) is 9.72 Å². The van der Waals surface area contributed by atoms with Crippen LogP contribution in [0, 0.1) is 0 Å². The normalized spacial score (nSPS) is 16.5. The highest BCUT2D eigenvalue weighted by Gasteiger charge is 2.20. The zero-order valence-corrected chi connectivity index (χ0v) is 18.3. The van der Waals surface area contributed by atoms with E-state index in [0.29, 0.717) is 5.82 Å². The highest BCUT2D eigenvalue weighted by atomic mass is 16.5. The molecule has 0 saturated carbocycles. The topological polar surface area (TPSA) is 96.3 Å². The van der Waals surface area contributed by atoms with Gasteiger partial charge in [-0.15, -0.1) is 0 Å². The quantitative estimate of drug-likeness (QED) is 0.426. The van der Waals surface area contributed by atoms with E-state index in [9.17, 15) is 0 Å². The largest absolute Gasteiger partial charge is 0.375 e. The van der Waals surface area contributed by atoms with Gasteiger partial charge in [0.1, 0.15) is 5.82 Å². The fraction of sp³-hybridized carbons (Fsp3) is 0.250. The maximum Gasteiger partial charge on any atom is 0.180 e. The number of hydrogen-bond acceptors (Lipinski definition) is 7. The molecule has 0 bridgehead atoms. The minimum Gasteiger partial charge on any atom is -0.375 e. The summed E-state index contributed by atoms with van der Waals surface area (Å²) in [5, 5.41) is 11.6. The van der Waals surface area contributed by atoms with E-state index in [0.717, 1.165) is 65.4 Å². The summed E-state index contributed by atoms with van der Waals surface area (Å²) >= 11 is 0. The first-order valence-corrected chi connectivity index (χ1v) is 11.1. The molecule has 1 fully saturated rings. The van der Waals surface area contributed by atoms with Crippen molar-refractivity contribution in [2.24, 2.45) is 0 Å². The van der Waals surface area contributed by atoms with Gasteiger partial charge in [-0.05, 0) is 24.6 Å². The number of aromatic nitrogens is 6. The van der Waals surface area contributed by atoms with Gasteiger partial charge >= 0.3 is 0 Å². The highest BCUT2D eigenvalue weighted by molar-refractivity contribution is 5.84. The molecule has 0 spiro atoms. The van der Waals surface area contributed by atoms with Gasteiger partial charge in [-0.2, -0.15) is 5.10 Å². The summed E-state index contributed by atoms with van der Waals surface area (Å²) in [6.45, 7) is 4.61. The van der Waals surface area contributed by atoms with Crippen molar-refractivity contribution in [3.05, 3.63) is 61.3 Å². The van der Waals surface area contributed by atoms with Crippen molar-refractivity contribution in [1.82, 2.24) is 29.5 Å². The van der Waals surface area contributed by atoms with Gasteiger partial charge in [0.05, 0.1) is 42.0 Å². The Balaban J connectivity index is 1.30. The molecule has 166 valence electrons. The Morgan fingerprint density at radius 1 is 1.18 bits per heavy atom. The number of nitrogens with one attached hydrogen (secondary N) is 2. The summed E-state index contributed by atoms with van der Waals surface area (Å²) in [6.07, 6.45) is 10.6. The van der Waals surface area contributed by atoms with Crippen LogP contribution in [-0.2, 0) is 4.74 Å². The molecule has 6 rings (SSSR count). The number of aromatic amines is 1. The molecule has 1 saturated heterocycles. The molecule has 5 aromatic rings. The fourth-order valence-electron chi connectivity index (χ4n) is 4.21. The van der Waals surface area contributed by atoms with Gasteiger partial charge in [0.25, 0.3) is 0 Å². The second-order valence-electron chi connectivity index (χ2n) is 8.18. The van der Waals surface area contributed by atoms with Crippen molar-refractivity contribution in [3.8, 4) is 11.3 Å². The van der Waals surface area contributed by atoms with Crippen LogP contribution in [0.1, 0.15) is 13.3 Å². The Morgan fingerprint density at radius 3 is 3.03 bits per heavy atom. The van der Waals surface area contributed by atoms with Crippen molar-refractivity contribution in [1.29, 1.82) is 0 Å². The minimum absolute atomic E-state index is 0.264. The first kappa shape index (κ1) is 19.7. The zero-order valence-electron chi connectivity index (χ0n) is 18.3. The van der Waals surface area contributed by atoms with E-state index in [1.54, 1.807) is 6.20 Å². The average molecular weight is 441 g/mol. The summed E-state index contributed by atoms with van der Waals surface area (Å²) in [4.78, 5) is 16.3. The number of anilines is 3. The van der Waals surface area contributed by atoms with Crippen LogP contribution in [0.15, 0.2) is 61.3 Å². The highest BCUT2D eigenvalue weighted by Crippen LogP contribution is 2.27. The molecule has 9 nitrogen and oxygen atoms in total. The smallest absolute Gasteiger partial charge is 0.180 e. The SMILES string of the molecule is CC[C@H]1CN(c2ccc(Nc3nc(-c4ccc5cn[nH]c5c4)cn4ccnc34)cn2)CCO1. The molecular weight excluding hydrogens is 416 g/mol. The van der Waals surface area contributed by atoms with Crippen LogP contribution in [0.5, 0.6) is 0 Å². The van der Waals surface area contributed by atoms with E-state index < -0.39 is 0 Å². The minimum atomic E-state index is 0.264. The molecule has 1 aliphatic heterocycles. The fourth-order valence-corrected chi connectivity index (χ4v) is 4.21. The van der Waals surface area contributed by atoms with E-state index >= 15 is 0 Å². The Hall–Kier alpha value is -3.98. The molecule has 0 amide bonds. The van der Waals surface area contributed by atoms with Crippen molar-refractivity contribution in [3.63, 3.8) is 0 Å². The lowest BCUT2D eigenvalue weighted by Crippen LogP contribution is -2.42. The number of ether oxygens (including phenoxy) is 1. The number of H-pyrrole nitrogens is 1. The van der Waals surface area contributed by atoms with Gasteiger partial charge in [0, 0.05) is 42.6 Å². The number of benzene rings is 1. The van der Waals surface area contributed by atoms with Crippen LogP contribution in [0.25, 0.3) is 27.8 Å². The van der Waals surface area contributed by atoms with Crippen LogP contribution in [0.4, 0.5) is 17.3 Å². The average Bonchev–Trinajstić information content (AvgIpc) is 3.53. The summed E-state index contributed by atoms with van der Waals surface area (Å²) < 4.78 is 7.75. The molecule has 0 unspecified atom stereocenters. The Morgan fingerprint density at radius 2 is 2.15 bits per heavy atom. The first-order chi connectivity index (χ1) is 16.3. The van der Waals surface area contributed by atoms with Crippen molar-refractivity contribution in [2.45, 2.75) is 19.4 Å². The molecule has 1 aromatic carbocycles. The van der Waals surface area contributed by atoms with Gasteiger partial charge in [-0.1, -0.05) is 19.1 Å². The number of imidazole rings is 1. The summed E-state index contributed by atoms with van der Waals surface area (Å²) in [6, 6.07) is 10.2. The molecule has 0 aliphatic carbocycles. The van der Waals surface area contributed by atoms with Gasteiger partial charge in [-0.3, -0.25) is 5.10 Å². The third-order valence-electron chi connectivity index (χ3n) is 6.04. The van der Waals surface area contributed by atoms with Crippen molar-refractivity contribution < 1.29 is 4.74 Å². The predicted molar refractivity (Wildman–Crippen MR) is 128 cm³/mol. The molecular formula is C24H24N8O. The van der Waals surface area contributed by atoms with Crippen LogP contribution < -0.4 is 10.2 Å². The number of hydrogen-bond donors (Lipinski definition) is 2. The maximum atomic E-state index is 5.78. The Kier molecular flexibility index (Phi) is 4.88. The number of morpholine rings is 1. The Labute approximate surface area is 190 Å². The zero-order chi connectivity index (χ0) is 22.2. The van der Waals surface area contributed by atoms with Crippen LogP contribution in [0.2, 0.25) is 0 Å². The number of rotatable bonds is 5. The van der Waals surface area contributed by atoms with Crippen LogP contribution in [0.3, 0.4) is 0 Å². The maximum absolute atomic E-state index is 5.78. The lowest BCUT2D eigenvalue weighted by Gasteiger charge is -2.33. The third-order valence-corrected chi connectivity index (χ3v) is 6.04. The van der Waals surface area contributed by atoms with Gasteiger partial charge < -0.3 is 19.4 Å². The number of pyridine rings is 1.